The summed E-state index contributed by atoms with van der Waals surface area (Å²) in [6.45, 7) is 1.99. The van der Waals surface area contributed by atoms with E-state index in [-0.39, 0.29) is 5.41 Å². The highest BCUT2D eigenvalue weighted by Gasteiger charge is 2.49. The van der Waals surface area contributed by atoms with Gasteiger partial charge in [-0.25, -0.2) is 0 Å². The van der Waals surface area contributed by atoms with Gasteiger partial charge in [0.2, 0.25) is 0 Å². The second kappa shape index (κ2) is 9.09. The SMILES string of the molecule is COc1ccc([C@@]23CC/C(=N\NCCc4ccccc4)C[C@@H]2N(C)CC3)cc1OC. The number of fused-ring (bicyclic) bond motifs is 1. The molecule has 0 aromatic heterocycles. The lowest BCUT2D eigenvalue weighted by Gasteiger charge is -2.42. The molecule has 2 aromatic carbocycles. The van der Waals surface area contributed by atoms with E-state index < -0.39 is 0 Å². The molecular formula is C25H33N3O2. The minimum Gasteiger partial charge on any atom is -0.493 e. The third kappa shape index (κ3) is 4.04. The topological polar surface area (TPSA) is 46.1 Å². The summed E-state index contributed by atoms with van der Waals surface area (Å²) in [6.07, 6.45) is 5.35. The molecule has 1 saturated heterocycles. The predicted molar refractivity (Wildman–Crippen MR) is 122 cm³/mol. The highest BCUT2D eigenvalue weighted by molar-refractivity contribution is 5.86. The van der Waals surface area contributed by atoms with Gasteiger partial charge in [0.05, 0.1) is 14.2 Å². The Hall–Kier alpha value is -2.53. The number of hydrazone groups is 1. The highest BCUT2D eigenvalue weighted by Crippen LogP contribution is 2.49. The van der Waals surface area contributed by atoms with Gasteiger partial charge in [-0.15, -0.1) is 0 Å². The fourth-order valence-electron chi connectivity index (χ4n) is 5.20. The third-order valence-electron chi connectivity index (χ3n) is 6.93. The van der Waals surface area contributed by atoms with Crippen molar-refractivity contribution in [3.8, 4) is 11.5 Å². The normalized spacial score (nSPS) is 25.2. The Morgan fingerprint density at radius 1 is 1.07 bits per heavy atom. The molecular weight excluding hydrogens is 374 g/mol. The molecule has 30 heavy (non-hydrogen) atoms. The van der Waals surface area contributed by atoms with Crippen molar-refractivity contribution >= 4 is 5.71 Å². The lowest BCUT2D eigenvalue weighted by molar-refractivity contribution is 0.226. The van der Waals surface area contributed by atoms with Gasteiger partial charge in [0.25, 0.3) is 0 Å². The fraction of sp³-hybridized carbons (Fsp3) is 0.480. The number of nitrogens with zero attached hydrogens (tertiary/aromatic N) is 2. The number of methoxy groups -OCH3 is 2. The Morgan fingerprint density at radius 2 is 1.87 bits per heavy atom. The lowest BCUT2D eigenvalue weighted by Crippen LogP contribution is -2.46. The first kappa shape index (κ1) is 20.7. The van der Waals surface area contributed by atoms with E-state index in [0.29, 0.717) is 6.04 Å². The highest BCUT2D eigenvalue weighted by atomic mass is 16.5. The van der Waals surface area contributed by atoms with Crippen LogP contribution in [0.1, 0.15) is 36.8 Å². The van der Waals surface area contributed by atoms with Gasteiger partial charge in [-0.3, -0.25) is 0 Å². The van der Waals surface area contributed by atoms with Crippen LogP contribution in [0.15, 0.2) is 53.6 Å². The molecule has 1 aliphatic carbocycles. The fourth-order valence-corrected chi connectivity index (χ4v) is 5.20. The van der Waals surface area contributed by atoms with E-state index in [1.165, 1.54) is 23.3 Å². The quantitative estimate of drug-likeness (QED) is 0.556. The maximum absolute atomic E-state index is 5.59. The molecule has 1 heterocycles. The molecule has 0 unspecified atom stereocenters. The van der Waals surface area contributed by atoms with Gasteiger partial charge in [-0.05, 0) is 62.5 Å². The molecule has 1 saturated carbocycles. The van der Waals surface area contributed by atoms with Gasteiger partial charge in [0.15, 0.2) is 11.5 Å². The van der Waals surface area contributed by atoms with Crippen LogP contribution in [0.25, 0.3) is 0 Å². The Labute approximate surface area is 180 Å². The molecule has 5 heteroatoms. The van der Waals surface area contributed by atoms with Crippen molar-refractivity contribution in [3.63, 3.8) is 0 Å². The number of rotatable bonds is 7. The first-order valence-electron chi connectivity index (χ1n) is 10.9. The number of ether oxygens (including phenoxy) is 2. The summed E-state index contributed by atoms with van der Waals surface area (Å²) in [4.78, 5) is 2.51. The van der Waals surface area contributed by atoms with Crippen molar-refractivity contribution in [3.05, 3.63) is 59.7 Å². The average Bonchev–Trinajstić information content (AvgIpc) is 3.14. The van der Waals surface area contributed by atoms with Gasteiger partial charge >= 0.3 is 0 Å². The van der Waals surface area contributed by atoms with Crippen molar-refractivity contribution in [2.24, 2.45) is 5.10 Å². The van der Waals surface area contributed by atoms with Crippen LogP contribution in [-0.2, 0) is 11.8 Å². The zero-order valence-electron chi connectivity index (χ0n) is 18.4. The minimum absolute atomic E-state index is 0.164. The number of likely N-dealkylation sites (tertiary alicyclic amines) is 1. The first-order valence-corrected chi connectivity index (χ1v) is 10.9. The van der Waals surface area contributed by atoms with Gasteiger partial charge < -0.3 is 19.8 Å². The van der Waals surface area contributed by atoms with Crippen LogP contribution < -0.4 is 14.9 Å². The Morgan fingerprint density at radius 3 is 2.63 bits per heavy atom. The van der Waals surface area contributed by atoms with Crippen molar-refractivity contribution in [2.75, 3.05) is 34.4 Å². The second-order valence-electron chi connectivity index (χ2n) is 8.50. The molecule has 2 aliphatic rings. The van der Waals surface area contributed by atoms with Crippen molar-refractivity contribution in [1.82, 2.24) is 10.3 Å². The number of hydrogen-bond acceptors (Lipinski definition) is 5. The molecule has 5 nitrogen and oxygen atoms in total. The first-order chi connectivity index (χ1) is 14.7. The van der Waals surface area contributed by atoms with Crippen molar-refractivity contribution < 1.29 is 9.47 Å². The summed E-state index contributed by atoms with van der Waals surface area (Å²) >= 11 is 0. The lowest BCUT2D eigenvalue weighted by atomic mass is 9.65. The summed E-state index contributed by atoms with van der Waals surface area (Å²) in [7, 11) is 5.65. The summed E-state index contributed by atoms with van der Waals surface area (Å²) in [5, 5.41) is 4.77. The van der Waals surface area contributed by atoms with E-state index in [4.69, 9.17) is 14.6 Å². The molecule has 0 radical (unpaired) electrons. The third-order valence-corrected chi connectivity index (χ3v) is 6.93. The van der Waals surface area contributed by atoms with E-state index in [2.05, 4.69) is 59.8 Å². The van der Waals surface area contributed by atoms with Crippen LogP contribution in [0.3, 0.4) is 0 Å². The standard InChI is InChI=1S/C25H33N3O2/c1-28-16-14-25(20-9-10-22(29-2)23(17-20)30-3)13-11-21(18-24(25)28)27-26-15-12-19-7-5-4-6-8-19/h4-10,17,24,26H,11-16,18H2,1-3H3/b27-21+/t24-,25-/m0/s1. The Kier molecular flexibility index (Phi) is 6.28. The smallest absolute Gasteiger partial charge is 0.161 e. The van der Waals surface area contributed by atoms with E-state index >= 15 is 0 Å². The van der Waals surface area contributed by atoms with Crippen LogP contribution in [0.5, 0.6) is 11.5 Å². The van der Waals surface area contributed by atoms with Gasteiger partial charge in [-0.1, -0.05) is 36.4 Å². The Bertz CT molecular complexity index is 883. The zero-order chi connectivity index (χ0) is 21.0. The van der Waals surface area contributed by atoms with E-state index in [1.54, 1.807) is 14.2 Å². The molecule has 1 aliphatic heterocycles. The number of likely N-dealkylation sites (N-methyl/N-ethyl adjacent to an activating group) is 1. The van der Waals surface area contributed by atoms with Crippen LogP contribution in [0, 0.1) is 0 Å². The molecule has 4 rings (SSSR count). The zero-order valence-corrected chi connectivity index (χ0v) is 18.4. The monoisotopic (exact) mass is 407 g/mol. The molecule has 2 fully saturated rings. The maximum Gasteiger partial charge on any atom is 0.161 e. The van der Waals surface area contributed by atoms with Crippen LogP contribution in [-0.4, -0.2) is 51.0 Å². The number of benzene rings is 2. The van der Waals surface area contributed by atoms with Crippen molar-refractivity contribution in [2.45, 2.75) is 43.6 Å². The second-order valence-corrected chi connectivity index (χ2v) is 8.50. The summed E-state index contributed by atoms with van der Waals surface area (Å²) in [5.41, 5.74) is 7.48. The predicted octanol–water partition coefficient (Wildman–Crippen LogP) is 4.02. The Balaban J connectivity index is 1.46. The molecule has 160 valence electrons. The molecule has 0 bridgehead atoms. The molecule has 2 atom stereocenters. The van der Waals surface area contributed by atoms with Crippen LogP contribution >= 0.6 is 0 Å². The molecule has 1 N–H and O–H groups in total. The van der Waals surface area contributed by atoms with Gasteiger partial charge in [-0.2, -0.15) is 5.10 Å². The number of nitrogens with one attached hydrogen (secondary N) is 1. The number of hydrogen-bond donors (Lipinski definition) is 1. The van der Waals surface area contributed by atoms with E-state index in [9.17, 15) is 0 Å². The molecule has 0 amide bonds. The van der Waals surface area contributed by atoms with Gasteiger partial charge in [0.1, 0.15) is 0 Å². The summed E-state index contributed by atoms with van der Waals surface area (Å²) in [6, 6.07) is 17.5. The summed E-state index contributed by atoms with van der Waals surface area (Å²) in [5.74, 6) is 1.61. The van der Waals surface area contributed by atoms with E-state index in [0.717, 1.165) is 50.3 Å². The maximum atomic E-state index is 5.59. The van der Waals surface area contributed by atoms with Crippen LogP contribution in [0.4, 0.5) is 0 Å². The van der Waals surface area contributed by atoms with Crippen molar-refractivity contribution in [1.29, 1.82) is 0 Å². The van der Waals surface area contributed by atoms with Gasteiger partial charge in [0, 0.05) is 30.1 Å². The summed E-state index contributed by atoms with van der Waals surface area (Å²) < 4.78 is 11.0. The van der Waals surface area contributed by atoms with Crippen LogP contribution in [0.2, 0.25) is 0 Å². The van der Waals surface area contributed by atoms with E-state index in [1.807, 2.05) is 6.07 Å². The molecule has 0 spiro atoms. The minimum atomic E-state index is 0.164. The average molecular weight is 408 g/mol. The molecule has 2 aromatic rings. The largest absolute Gasteiger partial charge is 0.493 e.